The van der Waals surface area contributed by atoms with E-state index in [-0.39, 0.29) is 5.82 Å². The molecule has 2 aromatic carbocycles. The van der Waals surface area contributed by atoms with Crippen LogP contribution in [0.1, 0.15) is 11.1 Å². The zero-order valence-electron chi connectivity index (χ0n) is 10.4. The lowest BCUT2D eigenvalue weighted by molar-refractivity contribution is 0.623. The van der Waals surface area contributed by atoms with Crippen molar-refractivity contribution in [3.8, 4) is 6.07 Å². The molecule has 0 radical (unpaired) electrons. The Hall–Kier alpha value is -2.45. The van der Waals surface area contributed by atoms with Crippen LogP contribution in [0.2, 0.25) is 0 Å². The lowest BCUT2D eigenvalue weighted by Gasteiger charge is -2.05. The van der Waals surface area contributed by atoms with Gasteiger partial charge in [-0.1, -0.05) is 18.2 Å². The van der Waals surface area contributed by atoms with Crippen LogP contribution in [-0.2, 0) is 6.54 Å². The first-order valence-electron chi connectivity index (χ1n) is 6.05. The quantitative estimate of drug-likeness (QED) is 0.728. The molecular formula is C15H10FN3S. The van der Waals surface area contributed by atoms with Crippen molar-refractivity contribution in [1.29, 1.82) is 5.26 Å². The fraction of sp³-hybridized carbons (Fsp3) is 0.0667. The van der Waals surface area contributed by atoms with Gasteiger partial charge in [0, 0.05) is 0 Å². The van der Waals surface area contributed by atoms with Crippen molar-refractivity contribution in [3.63, 3.8) is 0 Å². The van der Waals surface area contributed by atoms with Crippen LogP contribution in [0.15, 0.2) is 42.5 Å². The first-order valence-corrected chi connectivity index (χ1v) is 6.46. The first kappa shape index (κ1) is 12.6. The highest BCUT2D eigenvalue weighted by Gasteiger charge is 2.08. The number of aromatic nitrogens is 2. The Morgan fingerprint density at radius 3 is 2.80 bits per heavy atom. The highest BCUT2D eigenvalue weighted by molar-refractivity contribution is 7.71. The van der Waals surface area contributed by atoms with Crippen LogP contribution in [-0.4, -0.2) is 9.55 Å². The van der Waals surface area contributed by atoms with Crippen molar-refractivity contribution in [1.82, 2.24) is 9.55 Å². The van der Waals surface area contributed by atoms with Crippen LogP contribution in [0.25, 0.3) is 11.0 Å². The fourth-order valence-corrected chi connectivity index (χ4v) is 2.51. The van der Waals surface area contributed by atoms with Crippen LogP contribution in [0, 0.1) is 21.9 Å². The zero-order valence-corrected chi connectivity index (χ0v) is 11.2. The molecule has 0 saturated carbocycles. The number of nitriles is 1. The number of benzene rings is 2. The van der Waals surface area contributed by atoms with Gasteiger partial charge in [0.25, 0.3) is 0 Å². The van der Waals surface area contributed by atoms with Gasteiger partial charge in [-0.25, -0.2) is 4.39 Å². The molecule has 0 aliphatic heterocycles. The van der Waals surface area contributed by atoms with Gasteiger partial charge in [-0.05, 0) is 42.0 Å². The van der Waals surface area contributed by atoms with Crippen LogP contribution in [0.4, 0.5) is 4.39 Å². The molecule has 0 atom stereocenters. The maximum Gasteiger partial charge on any atom is 0.178 e. The van der Waals surface area contributed by atoms with E-state index in [1.807, 2.05) is 22.8 Å². The van der Waals surface area contributed by atoms with Crippen molar-refractivity contribution in [3.05, 3.63) is 64.2 Å². The minimum Gasteiger partial charge on any atom is -0.329 e. The molecule has 0 bridgehead atoms. The summed E-state index contributed by atoms with van der Waals surface area (Å²) >= 11 is 5.30. The third-order valence-electron chi connectivity index (χ3n) is 3.16. The van der Waals surface area contributed by atoms with Gasteiger partial charge < -0.3 is 9.55 Å². The van der Waals surface area contributed by atoms with Crippen molar-refractivity contribution in [2.24, 2.45) is 0 Å². The molecule has 1 heterocycles. The molecule has 0 fully saturated rings. The summed E-state index contributed by atoms with van der Waals surface area (Å²) in [6.45, 7) is 0.464. The van der Waals surface area contributed by atoms with Crippen molar-refractivity contribution in [2.45, 2.75) is 6.54 Å². The third kappa shape index (κ3) is 2.10. The van der Waals surface area contributed by atoms with Gasteiger partial charge in [-0.15, -0.1) is 0 Å². The van der Waals surface area contributed by atoms with E-state index in [4.69, 9.17) is 17.5 Å². The molecule has 0 spiro atoms. The van der Waals surface area contributed by atoms with Crippen molar-refractivity contribution in [2.75, 3.05) is 0 Å². The third-order valence-corrected chi connectivity index (χ3v) is 3.48. The number of imidazole rings is 1. The molecule has 20 heavy (non-hydrogen) atoms. The average molecular weight is 283 g/mol. The second-order valence-corrected chi connectivity index (χ2v) is 4.84. The average Bonchev–Trinajstić information content (AvgIpc) is 2.75. The van der Waals surface area contributed by atoms with Gasteiger partial charge in [0.05, 0.1) is 23.1 Å². The standard InChI is InChI=1S/C15H10FN3S/c16-12-5-1-3-10(7-12)9-19-13-6-2-4-11(8-17)14(13)18-15(19)20/h1-7H,9H2,(H,18,20). The zero-order chi connectivity index (χ0) is 14.1. The van der Waals surface area contributed by atoms with E-state index < -0.39 is 0 Å². The first-order chi connectivity index (χ1) is 9.69. The molecule has 1 N–H and O–H groups in total. The number of para-hydroxylation sites is 1. The molecular weight excluding hydrogens is 273 g/mol. The predicted molar refractivity (Wildman–Crippen MR) is 77.3 cm³/mol. The lowest BCUT2D eigenvalue weighted by Crippen LogP contribution is -2.00. The second-order valence-electron chi connectivity index (χ2n) is 4.46. The lowest BCUT2D eigenvalue weighted by atomic mass is 10.2. The molecule has 1 aromatic heterocycles. The molecule has 0 aliphatic rings. The molecule has 3 nitrogen and oxygen atoms in total. The summed E-state index contributed by atoms with van der Waals surface area (Å²) in [4.78, 5) is 3.04. The number of hydrogen-bond donors (Lipinski definition) is 1. The predicted octanol–water partition coefficient (Wildman–Crippen LogP) is 3.76. The topological polar surface area (TPSA) is 44.5 Å². The van der Waals surface area contributed by atoms with Gasteiger partial charge in [-0.3, -0.25) is 0 Å². The number of halogens is 1. The summed E-state index contributed by atoms with van der Waals surface area (Å²) in [5.41, 5.74) is 2.94. The van der Waals surface area contributed by atoms with Crippen molar-refractivity contribution >= 4 is 23.3 Å². The van der Waals surface area contributed by atoms with Gasteiger partial charge >= 0.3 is 0 Å². The monoisotopic (exact) mass is 283 g/mol. The molecule has 3 rings (SSSR count). The van der Waals surface area contributed by atoms with Gasteiger partial charge in [0.15, 0.2) is 4.77 Å². The minimum absolute atomic E-state index is 0.272. The van der Waals surface area contributed by atoms with E-state index >= 15 is 0 Å². The van der Waals surface area contributed by atoms with Gasteiger partial charge in [-0.2, -0.15) is 5.26 Å². The number of H-pyrrole nitrogens is 1. The summed E-state index contributed by atoms with van der Waals surface area (Å²) in [7, 11) is 0. The molecule has 0 aliphatic carbocycles. The van der Waals surface area contributed by atoms with E-state index in [0.717, 1.165) is 16.6 Å². The number of hydrogen-bond acceptors (Lipinski definition) is 2. The van der Waals surface area contributed by atoms with E-state index in [9.17, 15) is 4.39 Å². The van der Waals surface area contributed by atoms with Crippen LogP contribution in [0.5, 0.6) is 0 Å². The summed E-state index contributed by atoms with van der Waals surface area (Å²) in [6.07, 6.45) is 0. The molecule has 5 heteroatoms. The number of rotatable bonds is 2. The van der Waals surface area contributed by atoms with Crippen LogP contribution < -0.4 is 0 Å². The fourth-order valence-electron chi connectivity index (χ4n) is 2.25. The Labute approximate surface area is 119 Å². The smallest absolute Gasteiger partial charge is 0.178 e. The van der Waals surface area contributed by atoms with E-state index in [1.54, 1.807) is 12.1 Å². The normalized spacial score (nSPS) is 10.6. The number of aromatic amines is 1. The largest absolute Gasteiger partial charge is 0.329 e. The maximum absolute atomic E-state index is 13.2. The Kier molecular flexibility index (Phi) is 3.09. The van der Waals surface area contributed by atoms with E-state index in [2.05, 4.69) is 11.1 Å². The Morgan fingerprint density at radius 1 is 1.25 bits per heavy atom. The van der Waals surface area contributed by atoms with Gasteiger partial charge in [0.1, 0.15) is 11.9 Å². The van der Waals surface area contributed by atoms with Crippen LogP contribution in [0.3, 0.4) is 0 Å². The summed E-state index contributed by atoms with van der Waals surface area (Å²) < 4.78 is 15.6. The summed E-state index contributed by atoms with van der Waals surface area (Å²) in [5.74, 6) is -0.272. The van der Waals surface area contributed by atoms with Gasteiger partial charge in [0.2, 0.25) is 0 Å². The maximum atomic E-state index is 13.2. The summed E-state index contributed by atoms with van der Waals surface area (Å²) in [6, 6.07) is 14.0. The molecule has 0 unspecified atom stereocenters. The van der Waals surface area contributed by atoms with Crippen molar-refractivity contribution < 1.29 is 4.39 Å². The Morgan fingerprint density at radius 2 is 2.05 bits per heavy atom. The minimum atomic E-state index is -0.272. The number of nitrogens with one attached hydrogen (secondary N) is 1. The SMILES string of the molecule is N#Cc1cccc2c1[nH]c(=S)n2Cc1cccc(F)c1. The molecule has 0 amide bonds. The van der Waals surface area contributed by atoms with Crippen LogP contribution >= 0.6 is 12.2 Å². The van der Waals surface area contributed by atoms with E-state index in [1.165, 1.54) is 12.1 Å². The Balaban J connectivity index is 2.15. The summed E-state index contributed by atoms with van der Waals surface area (Å²) in [5, 5.41) is 9.10. The highest BCUT2D eigenvalue weighted by Crippen LogP contribution is 2.19. The number of nitrogens with zero attached hydrogens (tertiary/aromatic N) is 2. The number of fused-ring (bicyclic) bond motifs is 1. The second kappa shape index (κ2) is 4.91. The Bertz CT molecular complexity index is 886. The molecule has 0 saturated heterocycles. The molecule has 3 aromatic rings. The highest BCUT2D eigenvalue weighted by atomic mass is 32.1. The van der Waals surface area contributed by atoms with E-state index in [0.29, 0.717) is 16.9 Å². The molecule has 98 valence electrons.